The molecule has 10 aromatic carbocycles. The molecule has 0 aliphatic heterocycles. The lowest BCUT2D eigenvalue weighted by Crippen LogP contribution is -1.92. The molecule has 0 aliphatic rings. The number of hydrogen-bond donors (Lipinski definition) is 0. The molecule has 0 aliphatic carbocycles. The van der Waals surface area contributed by atoms with Gasteiger partial charge in [-0.2, -0.15) is 0 Å². The monoisotopic (exact) mass is 684 g/mol. The van der Waals surface area contributed by atoms with Crippen molar-refractivity contribution >= 4 is 32.3 Å². The van der Waals surface area contributed by atoms with Crippen LogP contribution in [0.5, 0.6) is 0 Å². The van der Waals surface area contributed by atoms with Gasteiger partial charge in [-0.15, -0.1) is 0 Å². The quantitative estimate of drug-likeness (QED) is 0.153. The van der Waals surface area contributed by atoms with E-state index < -0.39 is 0 Å². The van der Waals surface area contributed by atoms with Crippen molar-refractivity contribution in [3.63, 3.8) is 0 Å². The van der Waals surface area contributed by atoms with Gasteiger partial charge in [0.25, 0.3) is 0 Å². The highest BCUT2D eigenvalue weighted by Crippen LogP contribution is 2.46. The van der Waals surface area contributed by atoms with Crippen molar-refractivity contribution < 1.29 is 0 Å². The van der Waals surface area contributed by atoms with Gasteiger partial charge in [0.2, 0.25) is 0 Å². The predicted molar refractivity (Wildman–Crippen MR) is 232 cm³/mol. The fraction of sp³-hybridized carbons (Fsp3) is 0. The first-order valence-corrected chi connectivity index (χ1v) is 18.7. The van der Waals surface area contributed by atoms with Gasteiger partial charge in [-0.05, 0) is 117 Å². The second kappa shape index (κ2) is 13.5. The van der Waals surface area contributed by atoms with Crippen molar-refractivity contribution in [2.75, 3.05) is 0 Å². The molecule has 0 fully saturated rings. The Hall–Kier alpha value is -7.02. The number of fused-ring (bicyclic) bond motifs is 3. The summed E-state index contributed by atoms with van der Waals surface area (Å²) in [6, 6.07) is 79.6. The number of rotatable bonds is 6. The molecule has 10 aromatic rings. The first-order chi connectivity index (χ1) is 26.8. The molecule has 0 amide bonds. The average molecular weight is 685 g/mol. The van der Waals surface area contributed by atoms with Gasteiger partial charge in [-0.3, -0.25) is 0 Å². The summed E-state index contributed by atoms with van der Waals surface area (Å²) in [5.74, 6) is 0. The normalized spacial score (nSPS) is 11.3. The van der Waals surface area contributed by atoms with Crippen molar-refractivity contribution in [3.05, 3.63) is 218 Å². The Bertz CT molecular complexity index is 2910. The highest BCUT2D eigenvalue weighted by Gasteiger charge is 2.19. The van der Waals surface area contributed by atoms with E-state index in [0.717, 1.165) is 0 Å². The second-order valence-electron chi connectivity index (χ2n) is 14.0. The van der Waals surface area contributed by atoms with Crippen LogP contribution in [0.2, 0.25) is 0 Å². The van der Waals surface area contributed by atoms with Crippen LogP contribution in [-0.4, -0.2) is 0 Å². The Morgan fingerprint density at radius 2 is 0.481 bits per heavy atom. The zero-order valence-corrected chi connectivity index (χ0v) is 29.8. The molecule has 0 aromatic heterocycles. The highest BCUT2D eigenvalue weighted by molar-refractivity contribution is 6.24. The second-order valence-corrected chi connectivity index (χ2v) is 14.0. The molecular weight excluding hydrogens is 649 g/mol. The smallest absolute Gasteiger partial charge is 0.00201 e. The van der Waals surface area contributed by atoms with Crippen molar-refractivity contribution in [1.29, 1.82) is 0 Å². The molecule has 0 nitrogen and oxygen atoms in total. The maximum absolute atomic E-state index is 2.35. The third-order valence-electron chi connectivity index (χ3n) is 10.9. The molecule has 54 heavy (non-hydrogen) atoms. The molecule has 0 heteroatoms. The van der Waals surface area contributed by atoms with Crippen LogP contribution < -0.4 is 0 Å². The standard InChI is InChI=1S/C54H36/c1-3-16-37(17-4-1)39-20-13-21-40(34-39)41-22-14-23-42(35-41)43-24-15-25-44(36-43)45-32-33-52(47-27-8-7-26-46(45)47)54-50-30-11-9-28-48(50)53(38-18-5-2-6-19-38)49-29-10-12-31-51(49)54/h1-36H. The van der Waals surface area contributed by atoms with Gasteiger partial charge in [-0.25, -0.2) is 0 Å². The van der Waals surface area contributed by atoms with Crippen LogP contribution in [0.3, 0.4) is 0 Å². The Balaban J connectivity index is 1.10. The van der Waals surface area contributed by atoms with E-state index in [1.54, 1.807) is 0 Å². The zero-order valence-electron chi connectivity index (χ0n) is 29.8. The van der Waals surface area contributed by atoms with E-state index in [9.17, 15) is 0 Å². The molecule has 0 saturated carbocycles. The van der Waals surface area contributed by atoms with E-state index in [-0.39, 0.29) is 0 Å². The van der Waals surface area contributed by atoms with E-state index >= 15 is 0 Å². The summed E-state index contributed by atoms with van der Waals surface area (Å²) >= 11 is 0. The molecule has 10 rings (SSSR count). The summed E-state index contributed by atoms with van der Waals surface area (Å²) in [5.41, 5.74) is 14.8. The molecule has 0 spiro atoms. The maximum atomic E-state index is 2.35. The molecule has 0 bridgehead atoms. The average Bonchev–Trinajstić information content (AvgIpc) is 3.26. The van der Waals surface area contributed by atoms with Crippen LogP contribution in [0.1, 0.15) is 0 Å². The SMILES string of the molecule is c1ccc(-c2cccc(-c3cccc(-c4cccc(-c5ccc(-c6c7ccccc7c(-c7ccccc7)c7ccccc67)c6ccccc56)c4)c3)c2)cc1. The van der Waals surface area contributed by atoms with Crippen molar-refractivity contribution in [2.24, 2.45) is 0 Å². The zero-order chi connectivity index (χ0) is 35.8. The largest absolute Gasteiger partial charge is 0.0622 e. The molecule has 252 valence electrons. The van der Waals surface area contributed by atoms with E-state index in [0.29, 0.717) is 0 Å². The minimum atomic E-state index is 1.20. The van der Waals surface area contributed by atoms with E-state index in [1.807, 2.05) is 0 Å². The Morgan fingerprint density at radius 1 is 0.167 bits per heavy atom. The van der Waals surface area contributed by atoms with Gasteiger partial charge in [0.05, 0.1) is 0 Å². The number of hydrogen-bond acceptors (Lipinski definition) is 0. The summed E-state index contributed by atoms with van der Waals surface area (Å²) in [4.78, 5) is 0. The third-order valence-corrected chi connectivity index (χ3v) is 10.9. The summed E-state index contributed by atoms with van der Waals surface area (Å²) < 4.78 is 0. The molecular formula is C54H36. The van der Waals surface area contributed by atoms with Crippen LogP contribution in [0, 0.1) is 0 Å². The molecule has 0 saturated heterocycles. The molecule has 0 unspecified atom stereocenters. The molecule has 0 radical (unpaired) electrons. The van der Waals surface area contributed by atoms with Crippen molar-refractivity contribution in [3.8, 4) is 66.8 Å². The lowest BCUT2D eigenvalue weighted by molar-refractivity contribution is 1.57. The van der Waals surface area contributed by atoms with Crippen molar-refractivity contribution in [1.82, 2.24) is 0 Å². The third kappa shape index (κ3) is 5.57. The van der Waals surface area contributed by atoms with Crippen LogP contribution >= 0.6 is 0 Å². The minimum absolute atomic E-state index is 1.20. The number of benzene rings is 10. The fourth-order valence-electron chi connectivity index (χ4n) is 8.36. The van der Waals surface area contributed by atoms with E-state index in [4.69, 9.17) is 0 Å². The first kappa shape index (κ1) is 31.7. The van der Waals surface area contributed by atoms with Gasteiger partial charge in [-0.1, -0.05) is 200 Å². The fourth-order valence-corrected chi connectivity index (χ4v) is 8.36. The van der Waals surface area contributed by atoms with Gasteiger partial charge < -0.3 is 0 Å². The Morgan fingerprint density at radius 3 is 0.981 bits per heavy atom. The van der Waals surface area contributed by atoms with Crippen LogP contribution in [0.25, 0.3) is 99.1 Å². The predicted octanol–water partition coefficient (Wildman–Crippen LogP) is 15.1. The van der Waals surface area contributed by atoms with Crippen molar-refractivity contribution in [2.45, 2.75) is 0 Å². The van der Waals surface area contributed by atoms with Gasteiger partial charge in [0.15, 0.2) is 0 Å². The summed E-state index contributed by atoms with van der Waals surface area (Å²) in [6.07, 6.45) is 0. The molecule has 0 heterocycles. The van der Waals surface area contributed by atoms with Gasteiger partial charge in [0.1, 0.15) is 0 Å². The molecule has 0 atom stereocenters. The van der Waals surface area contributed by atoms with E-state index in [2.05, 4.69) is 218 Å². The topological polar surface area (TPSA) is 0 Å². The first-order valence-electron chi connectivity index (χ1n) is 18.7. The minimum Gasteiger partial charge on any atom is -0.0622 e. The maximum Gasteiger partial charge on any atom is -0.00201 e. The lowest BCUT2D eigenvalue weighted by atomic mass is 9.83. The summed E-state index contributed by atoms with van der Waals surface area (Å²) in [5, 5.41) is 7.58. The Labute approximate surface area is 316 Å². The van der Waals surface area contributed by atoms with Crippen LogP contribution in [0.4, 0.5) is 0 Å². The molecule has 0 N–H and O–H groups in total. The summed E-state index contributed by atoms with van der Waals surface area (Å²) in [6.45, 7) is 0. The van der Waals surface area contributed by atoms with Crippen LogP contribution in [-0.2, 0) is 0 Å². The highest BCUT2D eigenvalue weighted by atomic mass is 14.2. The van der Waals surface area contributed by atoms with Gasteiger partial charge >= 0.3 is 0 Å². The van der Waals surface area contributed by atoms with Crippen LogP contribution in [0.15, 0.2) is 218 Å². The lowest BCUT2D eigenvalue weighted by Gasteiger charge is -2.19. The summed E-state index contributed by atoms with van der Waals surface area (Å²) in [7, 11) is 0. The van der Waals surface area contributed by atoms with E-state index in [1.165, 1.54) is 99.1 Å². The Kier molecular flexibility index (Phi) is 7.93. The van der Waals surface area contributed by atoms with Gasteiger partial charge in [0, 0.05) is 0 Å².